The molecule has 1 aromatic carbocycles. The molecule has 0 spiro atoms. The number of halogens is 1. The van der Waals surface area contributed by atoms with Crippen LogP contribution in [-0.4, -0.2) is 43.0 Å². The lowest BCUT2D eigenvalue weighted by molar-refractivity contribution is 0.138. The van der Waals surface area contributed by atoms with Crippen LogP contribution in [0.25, 0.3) is 0 Å². The molecule has 0 amide bonds. The van der Waals surface area contributed by atoms with Gasteiger partial charge < -0.3 is 10.6 Å². The van der Waals surface area contributed by atoms with Crippen LogP contribution in [0.1, 0.15) is 18.4 Å². The van der Waals surface area contributed by atoms with Crippen LogP contribution in [0.2, 0.25) is 0 Å². The number of nitrogens with two attached hydrogens (primary N) is 1. The molecule has 0 bridgehead atoms. The third-order valence-corrected chi connectivity index (χ3v) is 3.87. The van der Waals surface area contributed by atoms with Crippen molar-refractivity contribution in [3.63, 3.8) is 0 Å². The van der Waals surface area contributed by atoms with Gasteiger partial charge in [-0.15, -0.1) is 0 Å². The van der Waals surface area contributed by atoms with Crippen molar-refractivity contribution in [2.75, 3.05) is 32.9 Å². The van der Waals surface area contributed by atoms with Crippen LogP contribution in [0.15, 0.2) is 18.2 Å². The summed E-state index contributed by atoms with van der Waals surface area (Å²) >= 11 is 0. The topological polar surface area (TPSA) is 32.5 Å². The fourth-order valence-electron chi connectivity index (χ4n) is 2.56. The standard InChI is InChI=1S/C14H22FN3/c1-17-8-6-11(7-9-17)18(2)10-12-13(15)4-3-5-14(12)16/h3-5,11H,6-10,16H2,1-2H3. The van der Waals surface area contributed by atoms with Gasteiger partial charge in [0.15, 0.2) is 0 Å². The Labute approximate surface area is 108 Å². The third-order valence-electron chi connectivity index (χ3n) is 3.87. The molecule has 100 valence electrons. The second kappa shape index (κ2) is 5.67. The monoisotopic (exact) mass is 251 g/mol. The summed E-state index contributed by atoms with van der Waals surface area (Å²) in [4.78, 5) is 4.56. The first kappa shape index (κ1) is 13.3. The number of hydrogen-bond acceptors (Lipinski definition) is 3. The molecule has 1 aromatic rings. The average Bonchev–Trinajstić information content (AvgIpc) is 2.34. The van der Waals surface area contributed by atoms with Gasteiger partial charge in [0.25, 0.3) is 0 Å². The van der Waals surface area contributed by atoms with E-state index in [1.807, 2.05) is 0 Å². The van der Waals surface area contributed by atoms with Crippen LogP contribution >= 0.6 is 0 Å². The minimum atomic E-state index is -0.199. The highest BCUT2D eigenvalue weighted by Gasteiger charge is 2.21. The van der Waals surface area contributed by atoms with E-state index in [1.54, 1.807) is 12.1 Å². The number of likely N-dealkylation sites (tertiary alicyclic amines) is 1. The summed E-state index contributed by atoms with van der Waals surface area (Å²) in [5, 5.41) is 0. The number of hydrogen-bond donors (Lipinski definition) is 1. The van der Waals surface area contributed by atoms with Crippen molar-refractivity contribution in [3.05, 3.63) is 29.6 Å². The van der Waals surface area contributed by atoms with Crippen molar-refractivity contribution in [3.8, 4) is 0 Å². The summed E-state index contributed by atoms with van der Waals surface area (Å²) in [7, 11) is 4.20. The van der Waals surface area contributed by atoms with Crippen molar-refractivity contribution in [2.45, 2.75) is 25.4 Å². The van der Waals surface area contributed by atoms with E-state index >= 15 is 0 Å². The van der Waals surface area contributed by atoms with E-state index in [0.717, 1.165) is 25.9 Å². The third kappa shape index (κ3) is 3.00. The lowest BCUT2D eigenvalue weighted by Crippen LogP contribution is -2.41. The Kier molecular flexibility index (Phi) is 4.19. The predicted molar refractivity (Wildman–Crippen MR) is 72.8 cm³/mol. The Morgan fingerprint density at radius 1 is 1.39 bits per heavy atom. The zero-order chi connectivity index (χ0) is 13.1. The molecule has 3 nitrogen and oxygen atoms in total. The molecule has 0 unspecified atom stereocenters. The van der Waals surface area contributed by atoms with E-state index in [9.17, 15) is 4.39 Å². The first-order chi connectivity index (χ1) is 8.58. The van der Waals surface area contributed by atoms with Crippen LogP contribution in [0, 0.1) is 5.82 Å². The highest BCUT2D eigenvalue weighted by molar-refractivity contribution is 5.47. The number of nitrogen functional groups attached to an aromatic ring is 1. The van der Waals surface area contributed by atoms with Gasteiger partial charge in [0.1, 0.15) is 5.82 Å². The van der Waals surface area contributed by atoms with Gasteiger partial charge in [-0.2, -0.15) is 0 Å². The minimum Gasteiger partial charge on any atom is -0.398 e. The first-order valence-electron chi connectivity index (χ1n) is 6.49. The zero-order valence-electron chi connectivity index (χ0n) is 11.2. The quantitative estimate of drug-likeness (QED) is 0.833. The van der Waals surface area contributed by atoms with Gasteiger partial charge >= 0.3 is 0 Å². The molecule has 0 aliphatic carbocycles. The summed E-state index contributed by atoms with van der Waals surface area (Å²) in [5.74, 6) is -0.199. The summed E-state index contributed by atoms with van der Waals surface area (Å²) in [6.45, 7) is 2.82. The maximum Gasteiger partial charge on any atom is 0.129 e. The van der Waals surface area contributed by atoms with Gasteiger partial charge in [0.05, 0.1) is 0 Å². The van der Waals surface area contributed by atoms with Crippen molar-refractivity contribution in [1.29, 1.82) is 0 Å². The fourth-order valence-corrected chi connectivity index (χ4v) is 2.56. The molecular formula is C14H22FN3. The molecule has 0 aromatic heterocycles. The summed E-state index contributed by atoms with van der Waals surface area (Å²) < 4.78 is 13.7. The maximum absolute atomic E-state index is 13.7. The van der Waals surface area contributed by atoms with Crippen molar-refractivity contribution >= 4 is 5.69 Å². The second-order valence-electron chi connectivity index (χ2n) is 5.26. The number of piperidine rings is 1. The van der Waals surface area contributed by atoms with Gasteiger partial charge in [-0.3, -0.25) is 4.90 Å². The number of anilines is 1. The molecule has 2 rings (SSSR count). The van der Waals surface area contributed by atoms with Gasteiger partial charge in [0.2, 0.25) is 0 Å². The number of rotatable bonds is 3. The van der Waals surface area contributed by atoms with Crippen LogP contribution in [0.5, 0.6) is 0 Å². The van der Waals surface area contributed by atoms with Crippen LogP contribution in [0.3, 0.4) is 0 Å². The van der Waals surface area contributed by atoms with E-state index in [-0.39, 0.29) is 5.82 Å². The Hall–Kier alpha value is -1.13. The smallest absolute Gasteiger partial charge is 0.129 e. The molecule has 0 radical (unpaired) electrons. The van der Waals surface area contributed by atoms with Gasteiger partial charge in [0, 0.05) is 23.8 Å². The molecule has 1 aliphatic rings. The molecule has 0 atom stereocenters. The van der Waals surface area contributed by atoms with Gasteiger partial charge in [-0.1, -0.05) is 6.07 Å². The minimum absolute atomic E-state index is 0.199. The molecule has 2 N–H and O–H groups in total. The maximum atomic E-state index is 13.7. The molecule has 0 saturated carbocycles. The lowest BCUT2D eigenvalue weighted by atomic mass is 10.0. The summed E-state index contributed by atoms with van der Waals surface area (Å²) in [5.41, 5.74) is 7.02. The molecule has 1 saturated heterocycles. The molecule has 1 fully saturated rings. The Bertz CT molecular complexity index is 380. The summed E-state index contributed by atoms with van der Waals surface area (Å²) in [6.07, 6.45) is 2.28. The lowest BCUT2D eigenvalue weighted by Gasteiger charge is -2.35. The van der Waals surface area contributed by atoms with Crippen molar-refractivity contribution in [1.82, 2.24) is 9.80 Å². The molecule has 4 heteroatoms. The van der Waals surface area contributed by atoms with E-state index in [1.165, 1.54) is 6.07 Å². The van der Waals surface area contributed by atoms with Crippen LogP contribution in [0.4, 0.5) is 10.1 Å². The van der Waals surface area contributed by atoms with Gasteiger partial charge in [-0.05, 0) is 52.2 Å². The van der Waals surface area contributed by atoms with Gasteiger partial charge in [-0.25, -0.2) is 4.39 Å². The molecule has 1 heterocycles. The predicted octanol–water partition coefficient (Wildman–Crippen LogP) is 1.93. The van der Waals surface area contributed by atoms with Crippen LogP contribution in [-0.2, 0) is 6.54 Å². The van der Waals surface area contributed by atoms with Crippen molar-refractivity contribution < 1.29 is 4.39 Å². The Balaban J connectivity index is 2.00. The second-order valence-corrected chi connectivity index (χ2v) is 5.26. The van der Waals surface area contributed by atoms with E-state index in [4.69, 9.17) is 5.73 Å². The average molecular weight is 251 g/mol. The van der Waals surface area contributed by atoms with E-state index < -0.39 is 0 Å². The highest BCUT2D eigenvalue weighted by Crippen LogP contribution is 2.21. The SMILES string of the molecule is CN1CCC(N(C)Cc2c(N)cccc2F)CC1. The Morgan fingerprint density at radius 3 is 2.67 bits per heavy atom. The van der Waals surface area contributed by atoms with E-state index in [2.05, 4.69) is 23.9 Å². The normalized spacial score (nSPS) is 18.4. The van der Waals surface area contributed by atoms with E-state index in [0.29, 0.717) is 23.8 Å². The van der Waals surface area contributed by atoms with Crippen molar-refractivity contribution in [2.24, 2.45) is 0 Å². The first-order valence-corrected chi connectivity index (χ1v) is 6.49. The number of nitrogens with zero attached hydrogens (tertiary/aromatic N) is 2. The largest absolute Gasteiger partial charge is 0.398 e. The zero-order valence-corrected chi connectivity index (χ0v) is 11.2. The number of benzene rings is 1. The molecular weight excluding hydrogens is 229 g/mol. The Morgan fingerprint density at radius 2 is 2.06 bits per heavy atom. The molecule has 18 heavy (non-hydrogen) atoms. The van der Waals surface area contributed by atoms with Crippen LogP contribution < -0.4 is 5.73 Å². The summed E-state index contributed by atoms with van der Waals surface area (Å²) in [6, 6.07) is 5.43. The fraction of sp³-hybridized carbons (Fsp3) is 0.571. The molecule has 1 aliphatic heterocycles. The highest BCUT2D eigenvalue weighted by atomic mass is 19.1.